The SMILES string of the molecule is c1cc(-c2cccc3ccccc23)cc(N(c2ccc(-c3ccc4c(c3)oc3ccccc34)cc2)c2ccc(-c3ccc4c(c3)sc3ccccc34)cc2)c1. The fourth-order valence-electron chi connectivity index (χ4n) is 8.15. The van der Waals surface area contributed by atoms with Gasteiger partial charge in [-0.2, -0.15) is 0 Å². The van der Waals surface area contributed by atoms with Crippen LogP contribution in [0.2, 0.25) is 0 Å². The minimum atomic E-state index is 0.904. The Labute approximate surface area is 322 Å². The van der Waals surface area contributed by atoms with E-state index in [1.165, 1.54) is 53.2 Å². The van der Waals surface area contributed by atoms with E-state index in [2.05, 4.69) is 193 Å². The topological polar surface area (TPSA) is 16.4 Å². The molecule has 2 heterocycles. The number of anilines is 3. The molecule has 2 aromatic heterocycles. The first-order chi connectivity index (χ1) is 27.2. The maximum Gasteiger partial charge on any atom is 0.136 e. The van der Waals surface area contributed by atoms with E-state index in [4.69, 9.17) is 4.42 Å². The first-order valence-corrected chi connectivity index (χ1v) is 19.5. The normalized spacial score (nSPS) is 11.6. The number of benzene rings is 9. The van der Waals surface area contributed by atoms with Gasteiger partial charge in [0.2, 0.25) is 0 Å². The Morgan fingerprint density at radius 3 is 1.71 bits per heavy atom. The lowest BCUT2D eigenvalue weighted by molar-refractivity contribution is 0.669. The first-order valence-electron chi connectivity index (χ1n) is 18.7. The molecule has 0 radical (unpaired) electrons. The number of furan rings is 1. The van der Waals surface area contributed by atoms with Crippen molar-refractivity contribution in [2.24, 2.45) is 0 Å². The molecule has 258 valence electrons. The lowest BCUT2D eigenvalue weighted by Crippen LogP contribution is -2.10. The standard InChI is InChI=1S/C52H33NOS/c1-2-13-43-36(9-1)10-8-16-44(43)39-11-7-12-42(31-39)53(40-25-19-34(20-26-40)37-23-29-46-45-14-3-5-17-49(45)54-50(46)32-37)41-27-21-35(22-28-41)38-24-30-48-47-15-4-6-18-51(47)55-52(48)33-38/h1-33H. The summed E-state index contributed by atoms with van der Waals surface area (Å²) in [5.74, 6) is 0. The smallest absolute Gasteiger partial charge is 0.136 e. The summed E-state index contributed by atoms with van der Waals surface area (Å²) < 4.78 is 8.88. The van der Waals surface area contributed by atoms with Crippen LogP contribution in [-0.4, -0.2) is 0 Å². The molecule has 11 rings (SSSR count). The second-order valence-corrected chi connectivity index (χ2v) is 15.2. The van der Waals surface area contributed by atoms with Gasteiger partial charge in [-0.3, -0.25) is 0 Å². The van der Waals surface area contributed by atoms with E-state index in [0.29, 0.717) is 0 Å². The van der Waals surface area contributed by atoms with Crippen LogP contribution in [0.1, 0.15) is 0 Å². The highest BCUT2D eigenvalue weighted by atomic mass is 32.1. The maximum absolute atomic E-state index is 6.24. The average molecular weight is 720 g/mol. The van der Waals surface area contributed by atoms with E-state index in [1.807, 2.05) is 23.5 Å². The van der Waals surface area contributed by atoms with Crippen molar-refractivity contribution in [3.8, 4) is 33.4 Å². The summed E-state index contributed by atoms with van der Waals surface area (Å²) in [5, 5.41) is 7.42. The van der Waals surface area contributed by atoms with Crippen molar-refractivity contribution >= 4 is 81.3 Å². The second-order valence-electron chi connectivity index (χ2n) is 14.1. The molecule has 0 aliphatic heterocycles. The molecule has 0 bridgehead atoms. The maximum atomic E-state index is 6.24. The van der Waals surface area contributed by atoms with Gasteiger partial charge in [-0.05, 0) is 111 Å². The third kappa shape index (κ3) is 5.48. The number of thiophene rings is 1. The van der Waals surface area contributed by atoms with Gasteiger partial charge in [-0.25, -0.2) is 0 Å². The molecule has 0 saturated carbocycles. The molecular weight excluding hydrogens is 687 g/mol. The number of rotatable bonds is 6. The van der Waals surface area contributed by atoms with Crippen LogP contribution in [0.3, 0.4) is 0 Å². The van der Waals surface area contributed by atoms with Crippen molar-refractivity contribution in [1.82, 2.24) is 0 Å². The van der Waals surface area contributed by atoms with Gasteiger partial charge in [0.05, 0.1) is 0 Å². The van der Waals surface area contributed by atoms with Crippen molar-refractivity contribution in [1.29, 1.82) is 0 Å². The summed E-state index contributed by atoms with van der Waals surface area (Å²) in [6, 6.07) is 72.3. The minimum Gasteiger partial charge on any atom is -0.456 e. The lowest BCUT2D eigenvalue weighted by atomic mass is 9.97. The molecule has 0 aliphatic carbocycles. The van der Waals surface area contributed by atoms with Gasteiger partial charge in [0.25, 0.3) is 0 Å². The molecule has 2 nitrogen and oxygen atoms in total. The molecule has 0 unspecified atom stereocenters. The summed E-state index contributed by atoms with van der Waals surface area (Å²) in [7, 11) is 0. The zero-order valence-electron chi connectivity index (χ0n) is 29.8. The summed E-state index contributed by atoms with van der Waals surface area (Å²) in [6.45, 7) is 0. The monoisotopic (exact) mass is 719 g/mol. The van der Waals surface area contributed by atoms with Crippen LogP contribution in [0.4, 0.5) is 17.1 Å². The largest absolute Gasteiger partial charge is 0.456 e. The van der Waals surface area contributed by atoms with Gasteiger partial charge in [-0.1, -0.05) is 133 Å². The highest BCUT2D eigenvalue weighted by Crippen LogP contribution is 2.41. The summed E-state index contributed by atoms with van der Waals surface area (Å²) >= 11 is 1.86. The Hall–Kier alpha value is -6.94. The van der Waals surface area contributed by atoms with Crippen LogP contribution < -0.4 is 4.90 Å². The van der Waals surface area contributed by atoms with Crippen LogP contribution in [0, 0.1) is 0 Å². The number of fused-ring (bicyclic) bond motifs is 7. The van der Waals surface area contributed by atoms with E-state index in [9.17, 15) is 0 Å². The predicted octanol–water partition coefficient (Wildman–Crippen LogP) is 15.6. The second kappa shape index (κ2) is 12.9. The van der Waals surface area contributed by atoms with Gasteiger partial charge < -0.3 is 9.32 Å². The number of nitrogens with zero attached hydrogens (tertiary/aromatic N) is 1. The quantitative estimate of drug-likeness (QED) is 0.170. The predicted molar refractivity (Wildman–Crippen MR) is 235 cm³/mol. The average Bonchev–Trinajstić information content (AvgIpc) is 3.82. The van der Waals surface area contributed by atoms with Crippen molar-refractivity contribution in [3.63, 3.8) is 0 Å². The van der Waals surface area contributed by atoms with E-state index >= 15 is 0 Å². The van der Waals surface area contributed by atoms with Crippen LogP contribution in [0.25, 0.3) is 86.3 Å². The number of para-hydroxylation sites is 1. The van der Waals surface area contributed by atoms with E-state index in [1.54, 1.807) is 0 Å². The molecule has 0 amide bonds. The Morgan fingerprint density at radius 2 is 0.909 bits per heavy atom. The first kappa shape index (κ1) is 31.6. The van der Waals surface area contributed by atoms with Gasteiger partial charge in [0, 0.05) is 48.0 Å². The molecule has 3 heteroatoms. The van der Waals surface area contributed by atoms with Crippen LogP contribution in [0.15, 0.2) is 205 Å². The summed E-state index contributed by atoms with van der Waals surface area (Å²) in [6.07, 6.45) is 0. The van der Waals surface area contributed by atoms with Gasteiger partial charge >= 0.3 is 0 Å². The Balaban J connectivity index is 0.995. The van der Waals surface area contributed by atoms with Crippen LogP contribution in [-0.2, 0) is 0 Å². The van der Waals surface area contributed by atoms with E-state index in [0.717, 1.165) is 50.1 Å². The molecular formula is C52H33NOS. The molecule has 11 aromatic rings. The van der Waals surface area contributed by atoms with Crippen molar-refractivity contribution in [2.45, 2.75) is 0 Å². The fraction of sp³-hybridized carbons (Fsp3) is 0. The molecule has 55 heavy (non-hydrogen) atoms. The third-order valence-corrected chi connectivity index (χ3v) is 12.0. The van der Waals surface area contributed by atoms with Crippen molar-refractivity contribution < 1.29 is 4.42 Å². The van der Waals surface area contributed by atoms with Gasteiger partial charge in [0.1, 0.15) is 11.2 Å². The molecule has 9 aromatic carbocycles. The Kier molecular flexibility index (Phi) is 7.39. The highest BCUT2D eigenvalue weighted by Gasteiger charge is 2.16. The third-order valence-electron chi connectivity index (χ3n) is 10.9. The van der Waals surface area contributed by atoms with Crippen molar-refractivity contribution in [2.75, 3.05) is 4.90 Å². The van der Waals surface area contributed by atoms with Gasteiger partial charge in [-0.15, -0.1) is 11.3 Å². The molecule has 0 spiro atoms. The fourth-order valence-corrected chi connectivity index (χ4v) is 9.30. The number of hydrogen-bond donors (Lipinski definition) is 0. The zero-order chi connectivity index (χ0) is 36.3. The van der Waals surface area contributed by atoms with Crippen LogP contribution >= 0.6 is 11.3 Å². The number of hydrogen-bond acceptors (Lipinski definition) is 3. The minimum absolute atomic E-state index is 0.904. The van der Waals surface area contributed by atoms with E-state index in [-0.39, 0.29) is 0 Å². The van der Waals surface area contributed by atoms with Crippen molar-refractivity contribution in [3.05, 3.63) is 200 Å². The summed E-state index contributed by atoms with van der Waals surface area (Å²) in [4.78, 5) is 2.36. The summed E-state index contributed by atoms with van der Waals surface area (Å²) in [5.41, 5.74) is 12.2. The molecule has 0 aliphatic rings. The van der Waals surface area contributed by atoms with E-state index < -0.39 is 0 Å². The molecule has 0 fully saturated rings. The molecule has 0 saturated heterocycles. The Morgan fingerprint density at radius 1 is 0.327 bits per heavy atom. The molecule has 0 N–H and O–H groups in total. The lowest BCUT2D eigenvalue weighted by Gasteiger charge is -2.26. The molecule has 0 atom stereocenters. The van der Waals surface area contributed by atoms with Crippen LogP contribution in [0.5, 0.6) is 0 Å². The van der Waals surface area contributed by atoms with Gasteiger partial charge in [0.15, 0.2) is 0 Å². The Bertz CT molecular complexity index is 3040. The highest BCUT2D eigenvalue weighted by molar-refractivity contribution is 7.25. The zero-order valence-corrected chi connectivity index (χ0v) is 30.6.